The van der Waals surface area contributed by atoms with E-state index in [1.807, 2.05) is 12.1 Å². The Balaban J connectivity index is 1.45. The minimum absolute atomic E-state index is 0.0649. The van der Waals surface area contributed by atoms with Gasteiger partial charge in [0.1, 0.15) is 12.4 Å². The lowest BCUT2D eigenvalue weighted by Gasteiger charge is -2.12. The first-order chi connectivity index (χ1) is 13.5. The van der Waals surface area contributed by atoms with Crippen LogP contribution in [-0.4, -0.2) is 38.5 Å². The molecule has 8 nitrogen and oxygen atoms in total. The fourth-order valence-electron chi connectivity index (χ4n) is 2.88. The van der Waals surface area contributed by atoms with Crippen LogP contribution in [0, 0.1) is 0 Å². The molecule has 0 saturated heterocycles. The predicted molar refractivity (Wildman–Crippen MR) is 106 cm³/mol. The van der Waals surface area contributed by atoms with E-state index in [0.29, 0.717) is 21.8 Å². The molecule has 1 fully saturated rings. The Morgan fingerprint density at radius 1 is 1.29 bits per heavy atom. The molecule has 1 saturated carbocycles. The zero-order chi connectivity index (χ0) is 19.9. The van der Waals surface area contributed by atoms with Gasteiger partial charge in [-0.2, -0.15) is 0 Å². The molecule has 2 aromatic rings. The summed E-state index contributed by atoms with van der Waals surface area (Å²) in [6.45, 7) is 0.198. The number of benzene rings is 1. The molecule has 0 bridgehead atoms. The van der Waals surface area contributed by atoms with Crippen LogP contribution in [-0.2, 0) is 18.4 Å². The van der Waals surface area contributed by atoms with Gasteiger partial charge in [-0.25, -0.2) is 4.79 Å². The van der Waals surface area contributed by atoms with Gasteiger partial charge in [-0.1, -0.05) is 48.3 Å². The normalized spacial score (nSPS) is 14.1. The second kappa shape index (κ2) is 9.79. The molecule has 28 heavy (non-hydrogen) atoms. The first-order valence-corrected chi connectivity index (χ1v) is 10.4. The van der Waals surface area contributed by atoms with E-state index in [4.69, 9.17) is 16.3 Å². The topological polar surface area (TPSA) is 98.1 Å². The summed E-state index contributed by atoms with van der Waals surface area (Å²) in [6, 6.07) is 6.90. The molecule has 10 heteroatoms. The number of imide groups is 1. The Kier molecular flexibility index (Phi) is 7.16. The van der Waals surface area contributed by atoms with Crippen molar-refractivity contribution >= 4 is 35.3 Å². The van der Waals surface area contributed by atoms with Gasteiger partial charge in [0.15, 0.2) is 11.0 Å². The van der Waals surface area contributed by atoms with Crippen molar-refractivity contribution in [1.82, 2.24) is 25.4 Å². The van der Waals surface area contributed by atoms with E-state index in [0.717, 1.165) is 25.7 Å². The quantitative estimate of drug-likeness (QED) is 0.664. The Hall–Kier alpha value is -2.26. The Labute approximate surface area is 172 Å². The van der Waals surface area contributed by atoms with Crippen molar-refractivity contribution in [3.8, 4) is 5.75 Å². The molecule has 2 N–H and O–H groups in total. The lowest BCUT2D eigenvalue weighted by molar-refractivity contribution is -0.117. The lowest BCUT2D eigenvalue weighted by Crippen LogP contribution is -2.44. The van der Waals surface area contributed by atoms with E-state index in [9.17, 15) is 9.59 Å². The summed E-state index contributed by atoms with van der Waals surface area (Å²) < 4.78 is 7.41. The zero-order valence-corrected chi connectivity index (χ0v) is 17.1. The SMILES string of the molecule is Cn1c(COc2ccccc2Cl)nnc1SCC(=O)NC(=O)NC1CCCC1. The number of ether oxygens (including phenoxy) is 1. The van der Waals surface area contributed by atoms with Gasteiger partial charge in [-0.3, -0.25) is 10.1 Å². The minimum atomic E-state index is -0.440. The van der Waals surface area contributed by atoms with E-state index in [2.05, 4.69) is 20.8 Å². The summed E-state index contributed by atoms with van der Waals surface area (Å²) in [5, 5.41) is 14.4. The van der Waals surface area contributed by atoms with E-state index in [1.165, 1.54) is 11.8 Å². The molecule has 0 spiro atoms. The summed E-state index contributed by atoms with van der Waals surface area (Å²) >= 11 is 7.27. The van der Waals surface area contributed by atoms with Gasteiger partial charge in [0.05, 0.1) is 10.8 Å². The number of para-hydroxylation sites is 1. The summed E-state index contributed by atoms with van der Waals surface area (Å²) in [4.78, 5) is 23.8. The first kappa shape index (κ1) is 20.5. The number of carbonyl (C=O) groups is 2. The largest absolute Gasteiger partial charge is 0.484 e. The van der Waals surface area contributed by atoms with Crippen molar-refractivity contribution in [2.24, 2.45) is 7.05 Å². The van der Waals surface area contributed by atoms with Crippen LogP contribution in [0.2, 0.25) is 5.02 Å². The number of urea groups is 1. The third-order valence-corrected chi connectivity index (χ3v) is 5.73. The molecule has 0 atom stereocenters. The first-order valence-electron chi connectivity index (χ1n) is 9.01. The summed E-state index contributed by atoms with van der Waals surface area (Å²) in [7, 11) is 1.79. The maximum absolute atomic E-state index is 12.0. The number of aromatic nitrogens is 3. The lowest BCUT2D eigenvalue weighted by atomic mass is 10.2. The number of nitrogens with zero attached hydrogens (tertiary/aromatic N) is 3. The number of halogens is 1. The highest BCUT2D eigenvalue weighted by atomic mass is 35.5. The van der Waals surface area contributed by atoms with Gasteiger partial charge in [0.25, 0.3) is 0 Å². The minimum Gasteiger partial charge on any atom is -0.484 e. The van der Waals surface area contributed by atoms with Crippen molar-refractivity contribution in [2.45, 2.75) is 43.5 Å². The number of thioether (sulfide) groups is 1. The molecule has 3 rings (SSSR count). The monoisotopic (exact) mass is 423 g/mol. The van der Waals surface area contributed by atoms with Gasteiger partial charge >= 0.3 is 6.03 Å². The number of carbonyl (C=O) groups excluding carboxylic acids is 2. The number of nitrogens with one attached hydrogen (secondary N) is 2. The smallest absolute Gasteiger partial charge is 0.321 e. The van der Waals surface area contributed by atoms with Crippen LogP contribution >= 0.6 is 23.4 Å². The van der Waals surface area contributed by atoms with Gasteiger partial charge in [-0.05, 0) is 25.0 Å². The second-order valence-corrected chi connectivity index (χ2v) is 7.82. The molecular formula is C18H22ClN5O3S. The van der Waals surface area contributed by atoms with Crippen LogP contribution < -0.4 is 15.4 Å². The van der Waals surface area contributed by atoms with Crippen molar-refractivity contribution in [1.29, 1.82) is 0 Å². The molecule has 3 amide bonds. The van der Waals surface area contributed by atoms with Crippen LogP contribution in [0.3, 0.4) is 0 Å². The van der Waals surface area contributed by atoms with E-state index >= 15 is 0 Å². The predicted octanol–water partition coefficient (Wildman–Crippen LogP) is 2.91. The van der Waals surface area contributed by atoms with Gasteiger partial charge in [0.2, 0.25) is 5.91 Å². The molecule has 1 aromatic heterocycles. The highest BCUT2D eigenvalue weighted by Gasteiger charge is 2.19. The summed E-state index contributed by atoms with van der Waals surface area (Å²) in [5.74, 6) is 0.850. The van der Waals surface area contributed by atoms with Crippen molar-refractivity contribution in [3.05, 3.63) is 35.1 Å². The molecule has 0 radical (unpaired) electrons. The van der Waals surface area contributed by atoms with Crippen LogP contribution in [0.5, 0.6) is 5.75 Å². The third kappa shape index (κ3) is 5.62. The maximum atomic E-state index is 12.0. The fourth-order valence-corrected chi connectivity index (χ4v) is 3.81. The fraction of sp³-hybridized carbons (Fsp3) is 0.444. The highest BCUT2D eigenvalue weighted by Crippen LogP contribution is 2.24. The highest BCUT2D eigenvalue weighted by molar-refractivity contribution is 7.99. The maximum Gasteiger partial charge on any atom is 0.321 e. The molecular weight excluding hydrogens is 402 g/mol. The summed E-state index contributed by atoms with van der Waals surface area (Å²) in [6.07, 6.45) is 4.16. The van der Waals surface area contributed by atoms with E-state index < -0.39 is 6.03 Å². The van der Waals surface area contributed by atoms with Crippen molar-refractivity contribution < 1.29 is 14.3 Å². The molecule has 0 aliphatic heterocycles. The van der Waals surface area contributed by atoms with Crippen LogP contribution in [0.15, 0.2) is 29.4 Å². The number of rotatable bonds is 7. The molecule has 1 aliphatic rings. The Bertz CT molecular complexity index is 838. The molecule has 1 aromatic carbocycles. The van der Waals surface area contributed by atoms with E-state index in [1.54, 1.807) is 23.7 Å². The van der Waals surface area contributed by atoms with Gasteiger partial charge in [-0.15, -0.1) is 10.2 Å². The average molecular weight is 424 g/mol. The summed E-state index contributed by atoms with van der Waals surface area (Å²) in [5.41, 5.74) is 0. The Morgan fingerprint density at radius 3 is 2.79 bits per heavy atom. The van der Waals surface area contributed by atoms with Gasteiger partial charge < -0.3 is 14.6 Å². The number of hydrogen-bond donors (Lipinski definition) is 2. The Morgan fingerprint density at radius 2 is 2.04 bits per heavy atom. The average Bonchev–Trinajstić information content (AvgIpc) is 3.29. The van der Waals surface area contributed by atoms with Crippen molar-refractivity contribution in [2.75, 3.05) is 5.75 Å². The third-order valence-electron chi connectivity index (χ3n) is 4.39. The molecule has 1 aliphatic carbocycles. The molecule has 0 unspecified atom stereocenters. The van der Waals surface area contributed by atoms with Crippen LogP contribution in [0.25, 0.3) is 0 Å². The standard InChI is InChI=1S/C18H22ClN5O3S/c1-24-15(10-27-14-9-5-4-8-13(14)19)22-23-18(24)28-11-16(25)21-17(26)20-12-6-2-3-7-12/h4-5,8-9,12H,2-3,6-7,10-11H2,1H3,(H2,20,21,25,26). The molecule has 1 heterocycles. The van der Waals surface area contributed by atoms with E-state index in [-0.39, 0.29) is 24.3 Å². The van der Waals surface area contributed by atoms with Crippen LogP contribution in [0.1, 0.15) is 31.5 Å². The second-order valence-electron chi connectivity index (χ2n) is 6.47. The number of amides is 3. The number of hydrogen-bond acceptors (Lipinski definition) is 6. The zero-order valence-electron chi connectivity index (χ0n) is 15.5. The van der Waals surface area contributed by atoms with Gasteiger partial charge in [0, 0.05) is 13.1 Å². The van der Waals surface area contributed by atoms with Crippen molar-refractivity contribution in [3.63, 3.8) is 0 Å². The molecule has 150 valence electrons. The van der Waals surface area contributed by atoms with Crippen LogP contribution in [0.4, 0.5) is 4.79 Å².